The maximum absolute atomic E-state index is 12.9. The molecular weight excluding hydrogens is 412 g/mol. The van der Waals surface area contributed by atoms with Crippen LogP contribution in [0.3, 0.4) is 0 Å². The number of nitrogens with one attached hydrogen (secondary N) is 1. The van der Waals surface area contributed by atoms with E-state index < -0.39 is 0 Å². The standard InChI is InChI=1S/C27H34N4O2/c1-3-24-26(31-16-19(2)8-13-25(31)29-24)27(32)28-14-15-33-23-11-9-22(10-12-23)30-17-20-6-4-5-7-21(20)18-30/h8-13,16,20-21H,3-7,14-15,17-18H2,1-2H3,(H,28,32). The van der Waals surface area contributed by atoms with E-state index in [1.165, 1.54) is 44.5 Å². The number of hydrogen-bond acceptors (Lipinski definition) is 4. The zero-order valence-electron chi connectivity index (χ0n) is 19.7. The van der Waals surface area contributed by atoms with Crippen LogP contribution in [-0.2, 0) is 6.42 Å². The third-order valence-electron chi connectivity index (χ3n) is 7.22. The van der Waals surface area contributed by atoms with E-state index in [1.54, 1.807) is 0 Å². The first-order valence-corrected chi connectivity index (χ1v) is 12.4. The molecule has 1 saturated carbocycles. The first-order chi connectivity index (χ1) is 16.1. The van der Waals surface area contributed by atoms with E-state index in [1.807, 2.05) is 48.7 Å². The van der Waals surface area contributed by atoms with E-state index in [0.29, 0.717) is 25.3 Å². The summed E-state index contributed by atoms with van der Waals surface area (Å²) in [4.78, 5) is 20.0. The van der Waals surface area contributed by atoms with Gasteiger partial charge in [-0.2, -0.15) is 0 Å². The van der Waals surface area contributed by atoms with Gasteiger partial charge in [0, 0.05) is 25.0 Å². The van der Waals surface area contributed by atoms with Gasteiger partial charge in [-0.05, 0) is 73.9 Å². The van der Waals surface area contributed by atoms with Crippen LogP contribution in [0.25, 0.3) is 5.65 Å². The van der Waals surface area contributed by atoms with Crippen LogP contribution in [0, 0.1) is 18.8 Å². The van der Waals surface area contributed by atoms with Crippen molar-refractivity contribution in [1.29, 1.82) is 0 Å². The van der Waals surface area contributed by atoms with Crippen molar-refractivity contribution in [2.75, 3.05) is 31.1 Å². The van der Waals surface area contributed by atoms with E-state index in [2.05, 4.69) is 27.3 Å². The lowest BCUT2D eigenvalue weighted by atomic mass is 9.82. The molecule has 1 amide bonds. The molecule has 1 saturated heterocycles. The quantitative estimate of drug-likeness (QED) is 0.537. The molecule has 3 heterocycles. The number of benzene rings is 1. The van der Waals surface area contributed by atoms with Gasteiger partial charge in [0.25, 0.3) is 5.91 Å². The van der Waals surface area contributed by atoms with Crippen LogP contribution in [0.4, 0.5) is 5.69 Å². The molecule has 2 fully saturated rings. The molecule has 1 aliphatic carbocycles. The fourth-order valence-electron chi connectivity index (χ4n) is 5.47. The summed E-state index contributed by atoms with van der Waals surface area (Å²) in [6.45, 7) is 7.30. The van der Waals surface area contributed by atoms with Crippen LogP contribution < -0.4 is 15.0 Å². The maximum atomic E-state index is 12.9. The Kier molecular flexibility index (Phi) is 6.25. The first-order valence-electron chi connectivity index (χ1n) is 12.4. The minimum atomic E-state index is -0.112. The van der Waals surface area contributed by atoms with Crippen LogP contribution in [0.1, 0.15) is 54.4 Å². The Morgan fingerprint density at radius 1 is 1.09 bits per heavy atom. The van der Waals surface area contributed by atoms with Crippen molar-refractivity contribution >= 4 is 17.2 Å². The van der Waals surface area contributed by atoms with Gasteiger partial charge in [0.05, 0.1) is 12.2 Å². The van der Waals surface area contributed by atoms with Crippen LogP contribution >= 0.6 is 0 Å². The third kappa shape index (κ3) is 4.56. The summed E-state index contributed by atoms with van der Waals surface area (Å²) in [6, 6.07) is 12.4. The van der Waals surface area contributed by atoms with Gasteiger partial charge in [0.15, 0.2) is 0 Å². The lowest BCUT2D eigenvalue weighted by molar-refractivity contribution is 0.0940. The number of fused-ring (bicyclic) bond motifs is 2. The summed E-state index contributed by atoms with van der Waals surface area (Å²) >= 11 is 0. The molecular formula is C27H34N4O2. The van der Waals surface area contributed by atoms with Gasteiger partial charge < -0.3 is 15.0 Å². The molecule has 174 valence electrons. The molecule has 1 aromatic carbocycles. The Morgan fingerprint density at radius 2 is 1.82 bits per heavy atom. The number of aryl methyl sites for hydroxylation is 2. The van der Waals surface area contributed by atoms with Crippen molar-refractivity contribution in [3.05, 3.63) is 59.5 Å². The summed E-state index contributed by atoms with van der Waals surface area (Å²) in [7, 11) is 0. The number of carbonyl (C=O) groups excluding carboxylic acids is 1. The molecule has 2 atom stereocenters. The number of nitrogens with zero attached hydrogens (tertiary/aromatic N) is 3. The Balaban J connectivity index is 1.14. The lowest BCUT2D eigenvalue weighted by Gasteiger charge is -2.22. The third-order valence-corrected chi connectivity index (χ3v) is 7.22. The fraction of sp³-hybridized carbons (Fsp3) is 0.481. The van der Waals surface area contributed by atoms with Gasteiger partial charge in [-0.1, -0.05) is 25.8 Å². The summed E-state index contributed by atoms with van der Waals surface area (Å²) in [5.74, 6) is 2.48. The van der Waals surface area contributed by atoms with E-state index in [0.717, 1.165) is 34.5 Å². The normalized spacial score (nSPS) is 20.1. The minimum absolute atomic E-state index is 0.112. The molecule has 6 nitrogen and oxygen atoms in total. The van der Waals surface area contributed by atoms with E-state index in [-0.39, 0.29) is 5.91 Å². The topological polar surface area (TPSA) is 58.9 Å². The number of imidazole rings is 1. The fourth-order valence-corrected chi connectivity index (χ4v) is 5.47. The van der Waals surface area contributed by atoms with Gasteiger partial charge in [0.2, 0.25) is 0 Å². The molecule has 6 heteroatoms. The molecule has 3 aromatic rings. The van der Waals surface area contributed by atoms with Gasteiger partial charge >= 0.3 is 0 Å². The number of anilines is 1. The van der Waals surface area contributed by atoms with Crippen molar-refractivity contribution in [3.63, 3.8) is 0 Å². The number of carbonyl (C=O) groups is 1. The first kappa shape index (κ1) is 21.8. The number of ether oxygens (including phenoxy) is 1. The monoisotopic (exact) mass is 446 g/mol. The highest BCUT2D eigenvalue weighted by molar-refractivity contribution is 5.94. The van der Waals surface area contributed by atoms with Crippen molar-refractivity contribution in [2.24, 2.45) is 11.8 Å². The second-order valence-corrected chi connectivity index (χ2v) is 9.50. The molecule has 33 heavy (non-hydrogen) atoms. The summed E-state index contributed by atoms with van der Waals surface area (Å²) in [5.41, 5.74) is 4.62. The molecule has 1 N–H and O–H groups in total. The van der Waals surface area contributed by atoms with Crippen molar-refractivity contribution in [1.82, 2.24) is 14.7 Å². The predicted octanol–water partition coefficient (Wildman–Crippen LogP) is 4.64. The highest BCUT2D eigenvalue weighted by Gasteiger charge is 2.34. The summed E-state index contributed by atoms with van der Waals surface area (Å²) < 4.78 is 7.78. The second kappa shape index (κ2) is 9.46. The van der Waals surface area contributed by atoms with E-state index in [9.17, 15) is 4.79 Å². The van der Waals surface area contributed by atoms with Gasteiger partial charge in [-0.15, -0.1) is 0 Å². The molecule has 1 aliphatic heterocycles. The number of pyridine rings is 1. The maximum Gasteiger partial charge on any atom is 0.270 e. The number of hydrogen-bond donors (Lipinski definition) is 1. The lowest BCUT2D eigenvalue weighted by Crippen LogP contribution is -2.29. The Hall–Kier alpha value is -3.02. The summed E-state index contributed by atoms with van der Waals surface area (Å²) in [5, 5.41) is 2.99. The van der Waals surface area contributed by atoms with Crippen LogP contribution in [0.15, 0.2) is 42.6 Å². The highest BCUT2D eigenvalue weighted by Crippen LogP contribution is 2.38. The number of amides is 1. The van der Waals surface area contributed by atoms with Crippen molar-refractivity contribution in [2.45, 2.75) is 46.0 Å². The molecule has 0 bridgehead atoms. The smallest absolute Gasteiger partial charge is 0.270 e. The minimum Gasteiger partial charge on any atom is -0.492 e. The Labute approximate surface area is 196 Å². The predicted molar refractivity (Wildman–Crippen MR) is 131 cm³/mol. The second-order valence-electron chi connectivity index (χ2n) is 9.50. The van der Waals surface area contributed by atoms with Crippen LogP contribution in [0.2, 0.25) is 0 Å². The number of rotatable bonds is 7. The van der Waals surface area contributed by atoms with Gasteiger partial charge in [-0.3, -0.25) is 9.20 Å². The average molecular weight is 447 g/mol. The zero-order valence-corrected chi connectivity index (χ0v) is 19.7. The van der Waals surface area contributed by atoms with E-state index >= 15 is 0 Å². The molecule has 2 aromatic heterocycles. The van der Waals surface area contributed by atoms with E-state index in [4.69, 9.17) is 4.74 Å². The molecule has 0 spiro atoms. The Bertz CT molecular complexity index is 1110. The molecule has 2 aliphatic rings. The van der Waals surface area contributed by atoms with Gasteiger partial charge in [-0.25, -0.2) is 4.98 Å². The van der Waals surface area contributed by atoms with Crippen molar-refractivity contribution < 1.29 is 9.53 Å². The largest absolute Gasteiger partial charge is 0.492 e. The van der Waals surface area contributed by atoms with Crippen LogP contribution in [0.5, 0.6) is 5.75 Å². The Morgan fingerprint density at radius 3 is 2.52 bits per heavy atom. The SMILES string of the molecule is CCc1nc2ccc(C)cn2c1C(=O)NCCOc1ccc(N2CC3CCCCC3C2)cc1. The van der Waals surface area contributed by atoms with Crippen molar-refractivity contribution in [3.8, 4) is 5.75 Å². The summed E-state index contributed by atoms with van der Waals surface area (Å²) in [6.07, 6.45) is 8.25. The molecule has 5 rings (SSSR count). The zero-order chi connectivity index (χ0) is 22.8. The number of aromatic nitrogens is 2. The molecule has 2 unspecified atom stereocenters. The van der Waals surface area contributed by atoms with Gasteiger partial charge in [0.1, 0.15) is 23.7 Å². The molecule has 0 radical (unpaired) electrons. The highest BCUT2D eigenvalue weighted by atomic mass is 16.5. The van der Waals surface area contributed by atoms with Crippen LogP contribution in [-0.4, -0.2) is 41.5 Å². The average Bonchev–Trinajstić information content (AvgIpc) is 3.43.